The highest BCUT2D eigenvalue weighted by Gasteiger charge is 2.27. The number of nitrogens with one attached hydrogen (secondary N) is 1. The summed E-state index contributed by atoms with van der Waals surface area (Å²) in [4.78, 5) is 15.7. The normalized spacial score (nSPS) is 13.5. The number of anilines is 2. The fourth-order valence-electron chi connectivity index (χ4n) is 3.42. The lowest BCUT2D eigenvalue weighted by atomic mass is 10.2. The van der Waals surface area contributed by atoms with Crippen LogP contribution in [0.5, 0.6) is 0 Å². The lowest BCUT2D eigenvalue weighted by Crippen LogP contribution is -2.35. The van der Waals surface area contributed by atoms with Gasteiger partial charge in [0.25, 0.3) is 0 Å². The fourth-order valence-corrected chi connectivity index (χ4v) is 5.55. The van der Waals surface area contributed by atoms with Crippen LogP contribution in [0.2, 0.25) is 0 Å². The zero-order chi connectivity index (χ0) is 20.3. The molecule has 0 spiro atoms. The number of amides is 1. The van der Waals surface area contributed by atoms with Crippen LogP contribution in [0.4, 0.5) is 11.4 Å². The molecule has 0 radical (unpaired) electrons. The predicted octanol–water partition coefficient (Wildman–Crippen LogP) is 3.16. The molecule has 150 valence electrons. The molecule has 1 N–H and O–H groups in total. The van der Waals surface area contributed by atoms with Gasteiger partial charge < -0.3 is 9.80 Å². The second kappa shape index (κ2) is 8.63. The maximum Gasteiger partial charge on any atom is 0.241 e. The summed E-state index contributed by atoms with van der Waals surface area (Å²) in [5, 5.41) is 0. The second-order valence-electron chi connectivity index (χ2n) is 6.64. The van der Waals surface area contributed by atoms with Crippen molar-refractivity contribution in [2.75, 3.05) is 36.0 Å². The number of nitrogens with zero attached hydrogens (tertiary/aromatic N) is 2. The standard InChI is InChI=1S/C20H24BrN3O3S/c1-3-23(17-7-5-4-6-8-17)12-10-22-28(26,27)20-14-19-16(13-18(20)21)9-11-24(19)15(2)25/h4-8,13-14,22H,3,9-12H2,1-2H3. The second-order valence-corrected chi connectivity index (χ2v) is 9.23. The van der Waals surface area contributed by atoms with Gasteiger partial charge in [-0.2, -0.15) is 0 Å². The summed E-state index contributed by atoms with van der Waals surface area (Å²) in [6, 6.07) is 13.3. The molecular weight excluding hydrogens is 442 g/mol. The van der Waals surface area contributed by atoms with Crippen molar-refractivity contribution in [2.45, 2.75) is 25.2 Å². The molecule has 0 atom stereocenters. The Labute approximate surface area is 174 Å². The van der Waals surface area contributed by atoms with Gasteiger partial charge in [0.15, 0.2) is 0 Å². The number of benzene rings is 2. The molecule has 0 bridgehead atoms. The van der Waals surface area contributed by atoms with Gasteiger partial charge in [-0.05, 0) is 59.1 Å². The smallest absolute Gasteiger partial charge is 0.241 e. The van der Waals surface area contributed by atoms with Crippen molar-refractivity contribution in [2.24, 2.45) is 0 Å². The lowest BCUT2D eigenvalue weighted by Gasteiger charge is -2.23. The molecule has 0 aromatic heterocycles. The number of likely N-dealkylation sites (N-methyl/N-ethyl adjacent to an activating group) is 1. The van der Waals surface area contributed by atoms with Gasteiger partial charge in [0.1, 0.15) is 0 Å². The third-order valence-electron chi connectivity index (χ3n) is 4.88. The molecule has 0 fully saturated rings. The molecule has 6 nitrogen and oxygen atoms in total. The summed E-state index contributed by atoms with van der Waals surface area (Å²) >= 11 is 3.38. The molecule has 0 saturated carbocycles. The van der Waals surface area contributed by atoms with Gasteiger partial charge >= 0.3 is 0 Å². The van der Waals surface area contributed by atoms with Gasteiger partial charge in [0.2, 0.25) is 15.9 Å². The highest BCUT2D eigenvalue weighted by Crippen LogP contribution is 2.35. The Kier molecular flexibility index (Phi) is 6.42. The molecule has 1 amide bonds. The number of fused-ring (bicyclic) bond motifs is 1. The summed E-state index contributed by atoms with van der Waals surface area (Å²) < 4.78 is 28.9. The number of halogens is 1. The zero-order valence-corrected chi connectivity index (χ0v) is 18.4. The van der Waals surface area contributed by atoms with E-state index in [9.17, 15) is 13.2 Å². The van der Waals surface area contributed by atoms with Crippen molar-refractivity contribution in [3.8, 4) is 0 Å². The first kappa shape index (κ1) is 20.8. The van der Waals surface area contributed by atoms with Crippen LogP contribution in [0.15, 0.2) is 51.8 Å². The van der Waals surface area contributed by atoms with E-state index in [1.165, 1.54) is 6.92 Å². The van der Waals surface area contributed by atoms with Crippen LogP contribution < -0.4 is 14.5 Å². The predicted molar refractivity (Wildman–Crippen MR) is 115 cm³/mol. The van der Waals surface area contributed by atoms with Gasteiger partial charge in [0, 0.05) is 49.0 Å². The molecule has 0 aliphatic carbocycles. The van der Waals surface area contributed by atoms with E-state index >= 15 is 0 Å². The van der Waals surface area contributed by atoms with Crippen molar-refractivity contribution in [3.05, 3.63) is 52.5 Å². The van der Waals surface area contributed by atoms with Crippen LogP contribution >= 0.6 is 15.9 Å². The Balaban J connectivity index is 1.75. The number of carbonyl (C=O) groups is 1. The Morgan fingerprint density at radius 3 is 2.61 bits per heavy atom. The van der Waals surface area contributed by atoms with Crippen LogP contribution in [0.1, 0.15) is 19.4 Å². The topological polar surface area (TPSA) is 69.7 Å². The third-order valence-corrected chi connectivity index (χ3v) is 7.29. The van der Waals surface area contributed by atoms with Gasteiger partial charge in [-0.1, -0.05) is 18.2 Å². The fraction of sp³-hybridized carbons (Fsp3) is 0.350. The van der Waals surface area contributed by atoms with Crippen LogP contribution in [0.3, 0.4) is 0 Å². The van der Waals surface area contributed by atoms with Crippen LogP contribution in [-0.2, 0) is 21.2 Å². The average Bonchev–Trinajstić information content (AvgIpc) is 3.08. The van der Waals surface area contributed by atoms with E-state index in [1.807, 2.05) is 37.3 Å². The molecule has 1 aliphatic heterocycles. The largest absolute Gasteiger partial charge is 0.370 e. The summed E-state index contributed by atoms with van der Waals surface area (Å²) in [6.45, 7) is 5.73. The lowest BCUT2D eigenvalue weighted by molar-refractivity contribution is -0.116. The average molecular weight is 466 g/mol. The quantitative estimate of drug-likeness (QED) is 0.681. The van der Waals surface area contributed by atoms with E-state index in [0.29, 0.717) is 23.2 Å². The van der Waals surface area contributed by atoms with Crippen molar-refractivity contribution < 1.29 is 13.2 Å². The van der Waals surface area contributed by atoms with E-state index in [4.69, 9.17) is 0 Å². The summed E-state index contributed by atoms with van der Waals surface area (Å²) in [7, 11) is -3.71. The van der Waals surface area contributed by atoms with Crippen molar-refractivity contribution in [3.63, 3.8) is 0 Å². The van der Waals surface area contributed by atoms with Gasteiger partial charge in [-0.25, -0.2) is 13.1 Å². The van der Waals surface area contributed by atoms with Gasteiger partial charge in [0.05, 0.1) is 4.90 Å². The van der Waals surface area contributed by atoms with Gasteiger partial charge in [-0.15, -0.1) is 0 Å². The molecule has 1 heterocycles. The van der Waals surface area contributed by atoms with Crippen molar-refractivity contribution in [1.29, 1.82) is 0 Å². The molecule has 28 heavy (non-hydrogen) atoms. The number of hydrogen-bond acceptors (Lipinski definition) is 4. The molecule has 3 rings (SSSR count). The Morgan fingerprint density at radius 1 is 1.25 bits per heavy atom. The molecule has 2 aromatic rings. The Bertz CT molecular complexity index is 964. The zero-order valence-electron chi connectivity index (χ0n) is 16.0. The minimum atomic E-state index is -3.71. The monoisotopic (exact) mass is 465 g/mol. The summed E-state index contributed by atoms with van der Waals surface area (Å²) in [5.74, 6) is -0.0844. The number of rotatable bonds is 7. The van der Waals surface area contributed by atoms with Crippen LogP contribution in [0, 0.1) is 0 Å². The van der Waals surface area contributed by atoms with Gasteiger partial charge in [-0.3, -0.25) is 4.79 Å². The SMILES string of the molecule is CCN(CCNS(=O)(=O)c1cc2c(cc1Br)CCN2C(C)=O)c1ccccc1. The highest BCUT2D eigenvalue weighted by molar-refractivity contribution is 9.10. The van der Waals surface area contributed by atoms with Crippen LogP contribution in [-0.4, -0.2) is 40.5 Å². The maximum absolute atomic E-state index is 12.9. The van der Waals surface area contributed by atoms with Crippen molar-refractivity contribution in [1.82, 2.24) is 4.72 Å². The first-order valence-corrected chi connectivity index (χ1v) is 11.5. The van der Waals surface area contributed by atoms with E-state index in [-0.39, 0.29) is 17.3 Å². The number of para-hydroxylation sites is 1. The van der Waals surface area contributed by atoms with Crippen LogP contribution in [0.25, 0.3) is 0 Å². The minimum Gasteiger partial charge on any atom is -0.370 e. The van der Waals surface area contributed by atoms with E-state index in [2.05, 4.69) is 25.6 Å². The number of hydrogen-bond donors (Lipinski definition) is 1. The molecule has 0 saturated heterocycles. The first-order valence-electron chi connectivity index (χ1n) is 9.23. The van der Waals surface area contributed by atoms with Crippen molar-refractivity contribution >= 4 is 43.2 Å². The number of carbonyl (C=O) groups excluding carboxylic acids is 1. The first-order chi connectivity index (χ1) is 13.3. The van der Waals surface area contributed by atoms with E-state index < -0.39 is 10.0 Å². The number of sulfonamides is 1. The minimum absolute atomic E-state index is 0.0844. The van der Waals surface area contributed by atoms with E-state index in [0.717, 1.165) is 24.2 Å². The molecular formula is C20H24BrN3O3S. The third kappa shape index (κ3) is 4.39. The summed E-state index contributed by atoms with van der Waals surface area (Å²) in [5.41, 5.74) is 2.71. The molecule has 8 heteroatoms. The summed E-state index contributed by atoms with van der Waals surface area (Å²) in [6.07, 6.45) is 0.726. The Morgan fingerprint density at radius 2 is 1.96 bits per heavy atom. The molecule has 0 unspecified atom stereocenters. The Hall–Kier alpha value is -1.90. The molecule has 2 aromatic carbocycles. The maximum atomic E-state index is 12.9. The van der Waals surface area contributed by atoms with E-state index in [1.54, 1.807) is 17.0 Å². The highest BCUT2D eigenvalue weighted by atomic mass is 79.9. The molecule has 1 aliphatic rings.